The summed E-state index contributed by atoms with van der Waals surface area (Å²) in [4.78, 5) is 39.8. The molecule has 4 aromatic rings. The molecule has 1 aromatic heterocycles. The van der Waals surface area contributed by atoms with Gasteiger partial charge in [0.2, 0.25) is 17.7 Å². The van der Waals surface area contributed by atoms with Gasteiger partial charge in [-0.1, -0.05) is 30.3 Å². The fourth-order valence-corrected chi connectivity index (χ4v) is 5.17. The lowest BCUT2D eigenvalue weighted by molar-refractivity contribution is -0.117. The molecule has 12 nitrogen and oxygen atoms in total. The van der Waals surface area contributed by atoms with Gasteiger partial charge in [0.1, 0.15) is 11.3 Å². The fourth-order valence-electron chi connectivity index (χ4n) is 5.17. The van der Waals surface area contributed by atoms with Gasteiger partial charge in [0, 0.05) is 49.8 Å². The van der Waals surface area contributed by atoms with Crippen molar-refractivity contribution in [2.75, 3.05) is 69.4 Å². The van der Waals surface area contributed by atoms with Gasteiger partial charge in [0.15, 0.2) is 11.5 Å². The van der Waals surface area contributed by atoms with Gasteiger partial charge < -0.3 is 35.1 Å². The van der Waals surface area contributed by atoms with Crippen LogP contribution in [-0.2, 0) is 4.79 Å². The summed E-state index contributed by atoms with van der Waals surface area (Å²) in [5, 5.41) is 9.10. The van der Waals surface area contributed by atoms with Crippen molar-refractivity contribution < 1.29 is 23.8 Å². The van der Waals surface area contributed by atoms with Crippen molar-refractivity contribution in [1.29, 1.82) is 0 Å². The first-order valence-electron chi connectivity index (χ1n) is 15.5. The normalized spacial score (nSPS) is 13.5. The maximum Gasteiger partial charge on any atom is 0.262 e. The van der Waals surface area contributed by atoms with Crippen LogP contribution >= 0.6 is 0 Å². The van der Waals surface area contributed by atoms with Crippen molar-refractivity contribution in [2.24, 2.45) is 0 Å². The number of piperazine rings is 1. The third-order valence-electron chi connectivity index (χ3n) is 7.77. The Morgan fingerprint density at radius 2 is 1.62 bits per heavy atom. The Balaban J connectivity index is 1.38. The van der Waals surface area contributed by atoms with Gasteiger partial charge >= 0.3 is 0 Å². The van der Waals surface area contributed by atoms with Gasteiger partial charge in [-0.2, -0.15) is 4.98 Å². The average Bonchev–Trinajstić information content (AvgIpc) is 3.05. The van der Waals surface area contributed by atoms with Gasteiger partial charge in [0.25, 0.3) is 5.91 Å². The van der Waals surface area contributed by atoms with E-state index in [2.05, 4.69) is 42.8 Å². The molecular weight excluding hydrogens is 598 g/mol. The molecule has 1 aliphatic heterocycles. The molecule has 5 rings (SSSR count). The molecule has 47 heavy (non-hydrogen) atoms. The zero-order valence-corrected chi connectivity index (χ0v) is 27.4. The number of likely N-dealkylation sites (N-methyl/N-ethyl adjacent to an activating group) is 1. The monoisotopic (exact) mass is 639 g/mol. The van der Waals surface area contributed by atoms with E-state index in [4.69, 9.17) is 14.2 Å². The second-order valence-electron chi connectivity index (χ2n) is 11.3. The van der Waals surface area contributed by atoms with Crippen LogP contribution in [0.5, 0.6) is 23.1 Å². The topological polar surface area (TPSA) is 130 Å². The molecule has 0 saturated carbocycles. The van der Waals surface area contributed by atoms with Crippen LogP contribution in [0.1, 0.15) is 28.4 Å². The number of ether oxygens (including phenoxy) is 3. The van der Waals surface area contributed by atoms with E-state index >= 15 is 0 Å². The molecule has 0 atom stereocenters. The number of carbonyl (C=O) groups excluding carboxylic acids is 2. The molecule has 3 aromatic carbocycles. The number of anilines is 4. The molecule has 0 spiro atoms. The van der Waals surface area contributed by atoms with Crippen LogP contribution in [0, 0.1) is 13.8 Å². The first-order chi connectivity index (χ1) is 22.7. The van der Waals surface area contributed by atoms with Crippen LogP contribution in [0.15, 0.2) is 66.9 Å². The third kappa shape index (κ3) is 8.54. The van der Waals surface area contributed by atoms with Gasteiger partial charge in [0.05, 0.1) is 25.9 Å². The molecular formula is C35H41N7O5. The third-order valence-corrected chi connectivity index (χ3v) is 7.77. The Kier molecular flexibility index (Phi) is 10.9. The van der Waals surface area contributed by atoms with Gasteiger partial charge in [-0.05, 0) is 63.2 Å². The molecule has 1 fully saturated rings. The van der Waals surface area contributed by atoms with E-state index in [1.54, 1.807) is 30.3 Å². The molecule has 12 heteroatoms. The van der Waals surface area contributed by atoms with Crippen LogP contribution in [0.4, 0.5) is 23.0 Å². The predicted octanol–water partition coefficient (Wildman–Crippen LogP) is 5.47. The summed E-state index contributed by atoms with van der Waals surface area (Å²) in [6.07, 6.45) is 1.42. The van der Waals surface area contributed by atoms with E-state index < -0.39 is 5.91 Å². The fraction of sp³-hybridized carbons (Fsp3) is 0.314. The molecule has 1 saturated heterocycles. The first-order valence-corrected chi connectivity index (χ1v) is 15.5. The van der Waals surface area contributed by atoms with E-state index in [1.165, 1.54) is 13.3 Å². The SMILES string of the molecule is CCOc1ccccc1Oc1nc(Nc2ccc(NC(=O)CN3CCN(C)CC3)c(OC)c2)ncc1C(=O)Nc1c(C)cccc1C. The summed E-state index contributed by atoms with van der Waals surface area (Å²) in [7, 11) is 3.62. The number of hydrogen-bond donors (Lipinski definition) is 3. The predicted molar refractivity (Wildman–Crippen MR) is 182 cm³/mol. The van der Waals surface area contributed by atoms with Crippen LogP contribution < -0.4 is 30.2 Å². The summed E-state index contributed by atoms with van der Waals surface area (Å²) in [6.45, 7) is 10.0. The largest absolute Gasteiger partial charge is 0.494 e. The average molecular weight is 640 g/mol. The summed E-state index contributed by atoms with van der Waals surface area (Å²) in [6, 6.07) is 18.3. The summed E-state index contributed by atoms with van der Waals surface area (Å²) in [5.74, 6) is 1.08. The zero-order valence-electron chi connectivity index (χ0n) is 27.4. The minimum atomic E-state index is -0.420. The molecule has 3 N–H and O–H groups in total. The summed E-state index contributed by atoms with van der Waals surface area (Å²) < 4.78 is 17.5. The van der Waals surface area contributed by atoms with Gasteiger partial charge in [-0.3, -0.25) is 14.5 Å². The van der Waals surface area contributed by atoms with Crippen molar-refractivity contribution in [3.63, 3.8) is 0 Å². The maximum absolute atomic E-state index is 13.6. The number of methoxy groups -OCH3 is 1. The number of para-hydroxylation sites is 3. The number of aromatic nitrogens is 2. The van der Waals surface area contributed by atoms with E-state index in [0.717, 1.165) is 37.3 Å². The van der Waals surface area contributed by atoms with Crippen molar-refractivity contribution in [3.05, 3.63) is 83.6 Å². The number of nitrogens with one attached hydrogen (secondary N) is 3. The molecule has 1 aliphatic rings. The number of aryl methyl sites for hydroxylation is 2. The highest BCUT2D eigenvalue weighted by molar-refractivity contribution is 6.06. The molecule has 0 bridgehead atoms. The number of benzene rings is 3. The smallest absolute Gasteiger partial charge is 0.262 e. The Morgan fingerprint density at radius 1 is 0.894 bits per heavy atom. The lowest BCUT2D eigenvalue weighted by Gasteiger charge is -2.31. The second-order valence-corrected chi connectivity index (χ2v) is 11.3. The first kappa shape index (κ1) is 33.2. The number of nitrogens with zero attached hydrogens (tertiary/aromatic N) is 4. The summed E-state index contributed by atoms with van der Waals surface area (Å²) in [5.41, 5.74) is 3.86. The highest BCUT2D eigenvalue weighted by Crippen LogP contribution is 2.34. The van der Waals surface area contributed by atoms with E-state index in [9.17, 15) is 9.59 Å². The molecule has 0 aliphatic carbocycles. The molecule has 2 amide bonds. The molecule has 246 valence electrons. The van der Waals surface area contributed by atoms with E-state index in [1.807, 2.05) is 51.1 Å². The number of hydrogen-bond acceptors (Lipinski definition) is 10. The molecule has 2 heterocycles. The quantitative estimate of drug-likeness (QED) is 0.183. The Hall–Kier alpha value is -5.20. The van der Waals surface area contributed by atoms with E-state index in [0.29, 0.717) is 47.5 Å². The molecule has 0 unspecified atom stereocenters. The summed E-state index contributed by atoms with van der Waals surface area (Å²) >= 11 is 0. The highest BCUT2D eigenvalue weighted by Gasteiger charge is 2.21. The van der Waals surface area contributed by atoms with Crippen molar-refractivity contribution in [2.45, 2.75) is 20.8 Å². The van der Waals surface area contributed by atoms with Crippen LogP contribution in [0.25, 0.3) is 0 Å². The highest BCUT2D eigenvalue weighted by atomic mass is 16.5. The number of rotatable bonds is 12. The maximum atomic E-state index is 13.6. The van der Waals surface area contributed by atoms with E-state index in [-0.39, 0.29) is 23.3 Å². The second kappa shape index (κ2) is 15.4. The number of amides is 2. The lowest BCUT2D eigenvalue weighted by atomic mass is 10.1. The van der Waals surface area contributed by atoms with Gasteiger partial charge in [-0.15, -0.1) is 0 Å². The standard InChI is InChI=1S/C35H41N7O5/c1-6-46-28-12-7-8-13-29(28)47-34-26(33(44)39-32-23(2)10-9-11-24(32)3)21-36-35(40-34)37-25-14-15-27(30(20-25)45-5)38-31(43)22-42-18-16-41(4)17-19-42/h7-15,20-21H,6,16-19,22H2,1-5H3,(H,38,43)(H,39,44)(H,36,37,40). The van der Waals surface area contributed by atoms with Crippen molar-refractivity contribution >= 4 is 34.8 Å². The molecule has 0 radical (unpaired) electrons. The lowest BCUT2D eigenvalue weighted by Crippen LogP contribution is -2.47. The van der Waals surface area contributed by atoms with Crippen LogP contribution in [-0.4, -0.2) is 85.1 Å². The van der Waals surface area contributed by atoms with Crippen molar-refractivity contribution in [1.82, 2.24) is 19.8 Å². The zero-order chi connectivity index (χ0) is 33.3. The minimum absolute atomic E-state index is 0.0399. The van der Waals surface area contributed by atoms with Crippen molar-refractivity contribution in [3.8, 4) is 23.1 Å². The minimum Gasteiger partial charge on any atom is -0.494 e. The number of carbonyl (C=O) groups is 2. The Bertz CT molecular complexity index is 1700. The Morgan fingerprint density at radius 3 is 2.32 bits per heavy atom. The van der Waals surface area contributed by atoms with Gasteiger partial charge in [-0.25, -0.2) is 4.98 Å². The Labute approximate surface area is 275 Å². The van der Waals surface area contributed by atoms with Crippen LogP contribution in [0.3, 0.4) is 0 Å². The van der Waals surface area contributed by atoms with Crippen LogP contribution in [0.2, 0.25) is 0 Å².